The van der Waals surface area contributed by atoms with Gasteiger partial charge in [-0.1, -0.05) is 48.8 Å². The van der Waals surface area contributed by atoms with Gasteiger partial charge >= 0.3 is 0 Å². The van der Waals surface area contributed by atoms with Gasteiger partial charge in [0.2, 0.25) is 0 Å². The van der Waals surface area contributed by atoms with Gasteiger partial charge in [0.05, 0.1) is 18.8 Å². The van der Waals surface area contributed by atoms with Gasteiger partial charge in [0.1, 0.15) is 0 Å². The Bertz CT molecular complexity index is 646. The van der Waals surface area contributed by atoms with Crippen molar-refractivity contribution in [1.29, 1.82) is 0 Å². The number of guanidine groups is 1. The quantitative estimate of drug-likeness (QED) is 0.634. The van der Waals surface area contributed by atoms with E-state index in [1.165, 1.54) is 11.1 Å². The topological polar surface area (TPSA) is 62.5 Å². The second-order valence-electron chi connectivity index (χ2n) is 5.91. The van der Waals surface area contributed by atoms with Crippen LogP contribution in [0.4, 0.5) is 0 Å². The Morgan fingerprint density at radius 3 is 2.74 bits per heavy atom. The van der Waals surface area contributed by atoms with E-state index in [4.69, 9.17) is 4.52 Å². The van der Waals surface area contributed by atoms with Gasteiger partial charge in [-0.25, -0.2) is 4.99 Å². The third-order valence-electron chi connectivity index (χ3n) is 3.45. The summed E-state index contributed by atoms with van der Waals surface area (Å²) in [4.78, 5) is 4.61. The fourth-order valence-electron chi connectivity index (χ4n) is 2.18. The third kappa shape index (κ3) is 5.43. The summed E-state index contributed by atoms with van der Waals surface area (Å²) in [6.45, 7) is 10.4. The van der Waals surface area contributed by atoms with Crippen molar-refractivity contribution < 1.29 is 4.52 Å². The van der Waals surface area contributed by atoms with E-state index in [0.717, 1.165) is 24.0 Å². The molecule has 0 bridgehead atoms. The number of rotatable bonds is 6. The van der Waals surface area contributed by atoms with Crippen molar-refractivity contribution in [1.82, 2.24) is 15.8 Å². The molecule has 1 aromatic carbocycles. The smallest absolute Gasteiger partial charge is 0.191 e. The average Bonchev–Trinajstić information content (AvgIpc) is 2.99. The molecule has 0 atom stereocenters. The summed E-state index contributed by atoms with van der Waals surface area (Å²) in [6, 6.07) is 10.4. The number of hydrogen-bond donors (Lipinski definition) is 2. The molecule has 5 heteroatoms. The first-order valence-corrected chi connectivity index (χ1v) is 8.11. The summed E-state index contributed by atoms with van der Waals surface area (Å²) in [5.41, 5.74) is 3.42. The molecule has 1 heterocycles. The van der Waals surface area contributed by atoms with Crippen molar-refractivity contribution in [2.24, 2.45) is 4.99 Å². The van der Waals surface area contributed by atoms with E-state index in [0.29, 0.717) is 19.0 Å². The van der Waals surface area contributed by atoms with Crippen LogP contribution < -0.4 is 10.6 Å². The maximum absolute atomic E-state index is 5.34. The van der Waals surface area contributed by atoms with Crippen LogP contribution in [0.1, 0.15) is 49.3 Å². The molecule has 0 amide bonds. The summed E-state index contributed by atoms with van der Waals surface area (Å²) in [5.74, 6) is 1.96. The number of aromatic nitrogens is 1. The lowest BCUT2D eigenvalue weighted by atomic mass is 10.1. The fourth-order valence-corrected chi connectivity index (χ4v) is 2.18. The zero-order valence-electron chi connectivity index (χ0n) is 14.4. The van der Waals surface area contributed by atoms with Crippen LogP contribution in [0.2, 0.25) is 0 Å². The minimum atomic E-state index is 0.371. The Balaban J connectivity index is 1.95. The molecule has 124 valence electrons. The molecule has 0 spiro atoms. The van der Waals surface area contributed by atoms with Gasteiger partial charge in [0, 0.05) is 12.6 Å². The van der Waals surface area contributed by atoms with Crippen molar-refractivity contribution in [3.8, 4) is 0 Å². The highest BCUT2D eigenvalue weighted by Crippen LogP contribution is 2.13. The average molecular weight is 314 g/mol. The SMILES string of the molecule is CCNC(=NCc1cccc(C)c1)NCc1cc(C(C)C)no1. The second-order valence-corrected chi connectivity index (χ2v) is 5.91. The van der Waals surface area contributed by atoms with Gasteiger partial charge in [-0.3, -0.25) is 0 Å². The zero-order chi connectivity index (χ0) is 16.7. The lowest BCUT2D eigenvalue weighted by Crippen LogP contribution is -2.36. The van der Waals surface area contributed by atoms with Crippen LogP contribution in [-0.4, -0.2) is 17.7 Å². The van der Waals surface area contributed by atoms with Gasteiger partial charge in [-0.05, 0) is 25.3 Å². The Labute approximate surface area is 138 Å². The molecule has 0 radical (unpaired) electrons. The number of nitrogens with one attached hydrogen (secondary N) is 2. The molecule has 0 unspecified atom stereocenters. The first-order valence-electron chi connectivity index (χ1n) is 8.11. The Hall–Kier alpha value is -2.30. The van der Waals surface area contributed by atoms with Crippen molar-refractivity contribution in [3.63, 3.8) is 0 Å². The Morgan fingerprint density at radius 2 is 2.09 bits per heavy atom. The molecule has 0 fully saturated rings. The highest BCUT2D eigenvalue weighted by atomic mass is 16.5. The number of nitrogens with zero attached hydrogens (tertiary/aromatic N) is 2. The molecule has 2 aromatic rings. The van der Waals surface area contributed by atoms with Gasteiger partial charge in [-0.15, -0.1) is 0 Å². The lowest BCUT2D eigenvalue weighted by Gasteiger charge is -2.10. The molecule has 5 nitrogen and oxygen atoms in total. The van der Waals surface area contributed by atoms with E-state index in [9.17, 15) is 0 Å². The first kappa shape index (κ1) is 17.1. The molecule has 2 N–H and O–H groups in total. The van der Waals surface area contributed by atoms with E-state index in [1.54, 1.807) is 0 Å². The monoisotopic (exact) mass is 314 g/mol. The highest BCUT2D eigenvalue weighted by molar-refractivity contribution is 5.79. The van der Waals surface area contributed by atoms with Crippen molar-refractivity contribution in [3.05, 3.63) is 52.9 Å². The molecule has 0 saturated carbocycles. The van der Waals surface area contributed by atoms with Crippen LogP contribution in [0.15, 0.2) is 39.8 Å². The maximum atomic E-state index is 5.34. The summed E-state index contributed by atoms with van der Waals surface area (Å²) in [6.07, 6.45) is 0. The summed E-state index contributed by atoms with van der Waals surface area (Å²) in [5, 5.41) is 10.6. The number of aliphatic imine (C=N–C) groups is 1. The van der Waals surface area contributed by atoms with E-state index in [-0.39, 0.29) is 0 Å². The molecule has 23 heavy (non-hydrogen) atoms. The van der Waals surface area contributed by atoms with Crippen LogP contribution in [0.5, 0.6) is 0 Å². The predicted molar refractivity (Wildman–Crippen MR) is 93.4 cm³/mol. The first-order chi connectivity index (χ1) is 11.1. The van der Waals surface area contributed by atoms with Crippen LogP contribution in [0, 0.1) is 6.92 Å². The molecule has 0 saturated heterocycles. The molecule has 0 aliphatic rings. The number of aryl methyl sites for hydroxylation is 1. The zero-order valence-corrected chi connectivity index (χ0v) is 14.4. The van der Waals surface area contributed by atoms with E-state index < -0.39 is 0 Å². The number of benzene rings is 1. The van der Waals surface area contributed by atoms with Crippen LogP contribution in [0.3, 0.4) is 0 Å². The van der Waals surface area contributed by atoms with Crippen LogP contribution in [0.25, 0.3) is 0 Å². The summed E-state index contributed by atoms with van der Waals surface area (Å²) < 4.78 is 5.34. The molecule has 0 aliphatic heterocycles. The second kappa shape index (κ2) is 8.36. The van der Waals surface area contributed by atoms with E-state index in [1.807, 2.05) is 6.07 Å². The third-order valence-corrected chi connectivity index (χ3v) is 3.45. The minimum absolute atomic E-state index is 0.371. The van der Waals surface area contributed by atoms with Gasteiger partial charge < -0.3 is 15.2 Å². The van der Waals surface area contributed by atoms with Crippen molar-refractivity contribution in [2.75, 3.05) is 6.54 Å². The van der Waals surface area contributed by atoms with Crippen LogP contribution in [-0.2, 0) is 13.1 Å². The molecule has 0 aliphatic carbocycles. The normalized spacial score (nSPS) is 11.8. The summed E-state index contributed by atoms with van der Waals surface area (Å²) >= 11 is 0. The predicted octanol–water partition coefficient (Wildman–Crippen LogP) is 3.36. The molecular weight excluding hydrogens is 288 g/mol. The van der Waals surface area contributed by atoms with Gasteiger partial charge in [-0.2, -0.15) is 0 Å². The Kier molecular flexibility index (Phi) is 6.20. The van der Waals surface area contributed by atoms with Gasteiger partial charge in [0.15, 0.2) is 11.7 Å². The fraction of sp³-hybridized carbons (Fsp3) is 0.444. The maximum Gasteiger partial charge on any atom is 0.191 e. The van der Waals surface area contributed by atoms with E-state index in [2.05, 4.69) is 72.7 Å². The minimum Gasteiger partial charge on any atom is -0.359 e. The molecule has 2 rings (SSSR count). The largest absolute Gasteiger partial charge is 0.359 e. The lowest BCUT2D eigenvalue weighted by molar-refractivity contribution is 0.372. The van der Waals surface area contributed by atoms with Crippen molar-refractivity contribution in [2.45, 2.75) is 46.7 Å². The Morgan fingerprint density at radius 1 is 1.26 bits per heavy atom. The number of hydrogen-bond acceptors (Lipinski definition) is 3. The highest BCUT2D eigenvalue weighted by Gasteiger charge is 2.08. The molecular formula is C18H26N4O. The molecule has 1 aromatic heterocycles. The summed E-state index contributed by atoms with van der Waals surface area (Å²) in [7, 11) is 0. The van der Waals surface area contributed by atoms with Crippen LogP contribution >= 0.6 is 0 Å². The standard InChI is InChI=1S/C18H26N4O/c1-5-19-18(20-11-15-8-6-7-14(4)9-15)21-12-16-10-17(13(2)3)22-23-16/h6-10,13H,5,11-12H2,1-4H3,(H2,19,20,21). The van der Waals surface area contributed by atoms with E-state index >= 15 is 0 Å². The van der Waals surface area contributed by atoms with Crippen molar-refractivity contribution >= 4 is 5.96 Å². The van der Waals surface area contributed by atoms with Gasteiger partial charge in [0.25, 0.3) is 0 Å².